The number of hydrogen-bond acceptors (Lipinski definition) is 3. The summed E-state index contributed by atoms with van der Waals surface area (Å²) in [6, 6.07) is 0.308. The van der Waals surface area contributed by atoms with E-state index in [0.717, 1.165) is 51.9 Å². The van der Waals surface area contributed by atoms with Crippen molar-refractivity contribution in [3.05, 3.63) is 11.8 Å². The molecule has 1 aliphatic heterocycles. The zero-order valence-electron chi connectivity index (χ0n) is 14.2. The van der Waals surface area contributed by atoms with E-state index in [1.165, 1.54) is 5.76 Å². The largest absolute Gasteiger partial charge is 0.497 e. The van der Waals surface area contributed by atoms with E-state index in [9.17, 15) is 0 Å². The maximum absolute atomic E-state index is 6.01. The molecule has 0 bridgehead atoms. The summed E-state index contributed by atoms with van der Waals surface area (Å²) in [4.78, 5) is 2.61. The molecule has 1 aliphatic rings. The van der Waals surface area contributed by atoms with Gasteiger partial charge in [0.2, 0.25) is 0 Å². The Morgan fingerprint density at radius 1 is 1.20 bits per heavy atom. The quantitative estimate of drug-likeness (QED) is 0.700. The van der Waals surface area contributed by atoms with Gasteiger partial charge in [0.15, 0.2) is 0 Å². The first-order valence-corrected chi connectivity index (χ1v) is 8.51. The molecule has 0 spiro atoms. The van der Waals surface area contributed by atoms with Crippen LogP contribution < -0.4 is 5.32 Å². The molecule has 0 saturated heterocycles. The second-order valence-corrected chi connectivity index (χ2v) is 5.57. The summed E-state index contributed by atoms with van der Waals surface area (Å²) < 4.78 is 6.01. The Morgan fingerprint density at radius 2 is 1.85 bits per heavy atom. The van der Waals surface area contributed by atoms with Crippen LogP contribution in [-0.2, 0) is 4.74 Å². The molecule has 0 radical (unpaired) electrons. The topological polar surface area (TPSA) is 24.5 Å². The number of hydrogen-bond donors (Lipinski definition) is 1. The van der Waals surface area contributed by atoms with Crippen LogP contribution in [0.4, 0.5) is 0 Å². The van der Waals surface area contributed by atoms with Gasteiger partial charge in [-0.3, -0.25) is 4.90 Å². The molecular weight excluding hydrogens is 248 g/mol. The van der Waals surface area contributed by atoms with E-state index in [1.807, 2.05) is 0 Å². The van der Waals surface area contributed by atoms with E-state index in [1.54, 1.807) is 0 Å². The summed E-state index contributed by atoms with van der Waals surface area (Å²) in [6.07, 6.45) is 6.89. The van der Waals surface area contributed by atoms with Gasteiger partial charge in [-0.05, 0) is 51.4 Å². The van der Waals surface area contributed by atoms with Crippen LogP contribution >= 0.6 is 0 Å². The lowest BCUT2D eigenvalue weighted by atomic mass is 9.80. The molecule has 0 saturated carbocycles. The number of nitrogens with one attached hydrogen (secondary N) is 1. The monoisotopic (exact) mass is 282 g/mol. The molecule has 1 heterocycles. The lowest BCUT2D eigenvalue weighted by Gasteiger charge is -2.49. The first-order valence-electron chi connectivity index (χ1n) is 8.51. The minimum absolute atomic E-state index is 0.155. The molecule has 0 fully saturated rings. The zero-order valence-corrected chi connectivity index (χ0v) is 14.2. The van der Waals surface area contributed by atoms with Crippen LogP contribution in [0.5, 0.6) is 0 Å². The Morgan fingerprint density at radius 3 is 2.25 bits per heavy atom. The van der Waals surface area contributed by atoms with E-state index in [4.69, 9.17) is 4.74 Å². The summed E-state index contributed by atoms with van der Waals surface area (Å²) in [5.74, 6) is 1.17. The van der Waals surface area contributed by atoms with E-state index < -0.39 is 0 Å². The molecule has 3 nitrogen and oxygen atoms in total. The Labute approximate surface area is 125 Å². The van der Waals surface area contributed by atoms with Gasteiger partial charge < -0.3 is 10.1 Å². The van der Waals surface area contributed by atoms with Gasteiger partial charge >= 0.3 is 0 Å². The molecule has 1 N–H and O–H groups in total. The molecule has 20 heavy (non-hydrogen) atoms. The van der Waals surface area contributed by atoms with Gasteiger partial charge in [-0.15, -0.1) is 0 Å². The fourth-order valence-electron chi connectivity index (χ4n) is 3.68. The molecule has 0 aromatic heterocycles. The van der Waals surface area contributed by atoms with E-state index >= 15 is 0 Å². The fourth-order valence-corrected chi connectivity index (χ4v) is 3.68. The smallest absolute Gasteiger partial charge is 0.111 e. The van der Waals surface area contributed by atoms with Crippen molar-refractivity contribution in [1.82, 2.24) is 10.2 Å². The van der Waals surface area contributed by atoms with Crippen molar-refractivity contribution in [3.63, 3.8) is 0 Å². The standard InChI is InChI=1S/C17H34N2O/c1-6-17(7-2,19(9-4)10-5)16(18-8-3)15-13-11-12-14-20-15/h13,16,18H,6-12,14H2,1-5H3. The first kappa shape index (κ1) is 17.5. The highest BCUT2D eigenvalue weighted by atomic mass is 16.5. The first-order chi connectivity index (χ1) is 9.69. The van der Waals surface area contributed by atoms with E-state index in [2.05, 4.69) is 50.9 Å². The second-order valence-electron chi connectivity index (χ2n) is 5.57. The highest BCUT2D eigenvalue weighted by Gasteiger charge is 2.42. The molecular formula is C17H34N2O. The molecule has 0 aromatic carbocycles. The lowest BCUT2D eigenvalue weighted by Crippen LogP contribution is -2.61. The highest BCUT2D eigenvalue weighted by molar-refractivity contribution is 5.16. The van der Waals surface area contributed by atoms with Crippen molar-refractivity contribution >= 4 is 0 Å². The van der Waals surface area contributed by atoms with Crippen molar-refractivity contribution in [2.45, 2.75) is 71.9 Å². The molecule has 0 aromatic rings. The second kappa shape index (κ2) is 8.68. The summed E-state index contributed by atoms with van der Waals surface area (Å²) in [7, 11) is 0. The van der Waals surface area contributed by atoms with Crippen LogP contribution in [0.15, 0.2) is 11.8 Å². The van der Waals surface area contributed by atoms with Crippen molar-refractivity contribution in [3.8, 4) is 0 Å². The Kier molecular flexibility index (Phi) is 7.60. The van der Waals surface area contributed by atoms with Crippen molar-refractivity contribution < 1.29 is 4.74 Å². The van der Waals surface area contributed by atoms with Gasteiger partial charge in [-0.25, -0.2) is 0 Å². The van der Waals surface area contributed by atoms with Crippen LogP contribution in [-0.4, -0.2) is 42.7 Å². The maximum atomic E-state index is 6.01. The molecule has 1 rings (SSSR count). The van der Waals surface area contributed by atoms with E-state index in [-0.39, 0.29) is 5.54 Å². The van der Waals surface area contributed by atoms with Crippen molar-refractivity contribution in [1.29, 1.82) is 0 Å². The molecule has 1 atom stereocenters. The van der Waals surface area contributed by atoms with Crippen molar-refractivity contribution in [2.75, 3.05) is 26.2 Å². The van der Waals surface area contributed by atoms with Gasteiger partial charge in [0, 0.05) is 5.54 Å². The SMILES string of the molecule is CCNC(C1=CCCCO1)C(CC)(CC)N(CC)CC. The van der Waals surface area contributed by atoms with Gasteiger partial charge in [-0.1, -0.05) is 34.6 Å². The molecule has 1 unspecified atom stereocenters. The number of nitrogens with zero attached hydrogens (tertiary/aromatic N) is 1. The molecule has 0 aliphatic carbocycles. The van der Waals surface area contributed by atoms with Crippen LogP contribution in [0.3, 0.4) is 0 Å². The van der Waals surface area contributed by atoms with Gasteiger partial charge in [-0.2, -0.15) is 0 Å². The van der Waals surface area contributed by atoms with Gasteiger partial charge in [0.1, 0.15) is 5.76 Å². The summed E-state index contributed by atoms with van der Waals surface area (Å²) >= 11 is 0. The van der Waals surface area contributed by atoms with E-state index in [0.29, 0.717) is 6.04 Å². The Bertz CT molecular complexity index is 293. The van der Waals surface area contributed by atoms with Crippen LogP contribution in [0, 0.1) is 0 Å². The van der Waals surface area contributed by atoms with Crippen molar-refractivity contribution in [2.24, 2.45) is 0 Å². The molecule has 3 heteroatoms. The van der Waals surface area contributed by atoms with Crippen LogP contribution in [0.25, 0.3) is 0 Å². The minimum atomic E-state index is 0.155. The Hall–Kier alpha value is -0.540. The van der Waals surface area contributed by atoms with Crippen LogP contribution in [0.1, 0.15) is 60.3 Å². The number of rotatable bonds is 9. The fraction of sp³-hybridized carbons (Fsp3) is 0.882. The van der Waals surface area contributed by atoms with Gasteiger partial charge in [0.05, 0.1) is 12.6 Å². The lowest BCUT2D eigenvalue weighted by molar-refractivity contribution is 0.0328. The predicted molar refractivity (Wildman–Crippen MR) is 87.0 cm³/mol. The summed E-state index contributed by atoms with van der Waals surface area (Å²) in [5, 5.41) is 3.71. The number of allylic oxidation sites excluding steroid dienone is 1. The van der Waals surface area contributed by atoms with Crippen LogP contribution in [0.2, 0.25) is 0 Å². The maximum Gasteiger partial charge on any atom is 0.111 e. The normalized spacial score (nSPS) is 17.8. The summed E-state index contributed by atoms with van der Waals surface area (Å²) in [5.41, 5.74) is 0.155. The third kappa shape index (κ3) is 3.56. The predicted octanol–water partition coefficient (Wildman–Crippen LogP) is 3.56. The highest BCUT2D eigenvalue weighted by Crippen LogP contribution is 2.33. The average Bonchev–Trinajstić information content (AvgIpc) is 2.52. The minimum Gasteiger partial charge on any atom is -0.497 e. The third-order valence-corrected chi connectivity index (χ3v) is 4.81. The number of likely N-dealkylation sites (N-methyl/N-ethyl adjacent to an activating group) is 2. The van der Waals surface area contributed by atoms with Gasteiger partial charge in [0.25, 0.3) is 0 Å². The third-order valence-electron chi connectivity index (χ3n) is 4.81. The number of ether oxygens (including phenoxy) is 1. The Balaban J connectivity index is 3.12. The average molecular weight is 282 g/mol. The zero-order chi connectivity index (χ0) is 15.0. The molecule has 0 amide bonds. The summed E-state index contributed by atoms with van der Waals surface area (Å²) in [6.45, 7) is 15.4. The molecule has 118 valence electrons.